The minimum absolute atomic E-state index is 0.191. The van der Waals surface area contributed by atoms with Crippen molar-refractivity contribution in [2.75, 3.05) is 9.80 Å². The zero-order chi connectivity index (χ0) is 61.5. The van der Waals surface area contributed by atoms with Crippen LogP contribution in [-0.4, -0.2) is 8.80 Å². The van der Waals surface area contributed by atoms with E-state index in [0.717, 1.165) is 100 Å². The van der Waals surface area contributed by atoms with Crippen molar-refractivity contribution in [1.29, 1.82) is 0 Å². The standard InChI is InChI=1S/C86H62N4O2/c1-85(2,3)67-33-21-31-61-79-71(87(69-35-17-13-27-55(69)51-23-9-7-10-24-51)53-39-45-77-65(47-53)57-29-15-19-37-75(57)91-77)43-41-59-63-50-74-64(49-73(63)89(81(61)67)83(59)79)60-42-44-72(80-62-32-22-34-68(86(4,5)6)82(62)90(74)84(60)80)88(70-36-18-14-28-56(70)52-25-11-8-12-26-52)54-40-46-78-66(48-54)58-30-16-20-38-76(58)92-78/h7-50H,1-6H3. The summed E-state index contributed by atoms with van der Waals surface area (Å²) < 4.78 is 18.3. The van der Waals surface area contributed by atoms with Gasteiger partial charge in [0, 0.05) is 87.1 Å². The highest BCUT2D eigenvalue weighted by molar-refractivity contribution is 6.33. The van der Waals surface area contributed by atoms with Crippen molar-refractivity contribution in [3.63, 3.8) is 0 Å². The van der Waals surface area contributed by atoms with E-state index in [9.17, 15) is 0 Å². The molecule has 6 nitrogen and oxygen atoms in total. The van der Waals surface area contributed by atoms with Crippen molar-refractivity contribution in [2.45, 2.75) is 52.4 Å². The second-order valence-corrected chi connectivity index (χ2v) is 27.2. The third-order valence-corrected chi connectivity index (χ3v) is 19.8. The average molecular weight is 1180 g/mol. The number of rotatable bonds is 8. The maximum atomic E-state index is 6.51. The number of benzene rings is 13. The molecule has 0 aliphatic heterocycles. The Bertz CT molecular complexity index is 5840. The van der Waals surface area contributed by atoms with Crippen LogP contribution >= 0.6 is 0 Å². The smallest absolute Gasteiger partial charge is 0.135 e. The summed E-state index contributed by atoms with van der Waals surface area (Å²) in [4.78, 5) is 5.03. The number of para-hydroxylation sites is 6. The van der Waals surface area contributed by atoms with Crippen LogP contribution in [0.25, 0.3) is 142 Å². The highest BCUT2D eigenvalue weighted by Crippen LogP contribution is 2.55. The molecule has 6 heteroatoms. The van der Waals surface area contributed by atoms with Crippen LogP contribution in [0.4, 0.5) is 34.1 Å². The molecule has 19 aromatic rings. The summed E-state index contributed by atoms with van der Waals surface area (Å²) in [7, 11) is 0. The number of anilines is 6. The van der Waals surface area contributed by atoms with Crippen LogP contribution < -0.4 is 9.80 Å². The first-order chi connectivity index (χ1) is 44.9. The highest BCUT2D eigenvalue weighted by Gasteiger charge is 2.33. The van der Waals surface area contributed by atoms with Crippen molar-refractivity contribution in [3.8, 4) is 22.3 Å². The Kier molecular flexibility index (Phi) is 10.9. The predicted octanol–water partition coefficient (Wildman–Crippen LogP) is 24.7. The van der Waals surface area contributed by atoms with Gasteiger partial charge in [0.2, 0.25) is 0 Å². The molecule has 92 heavy (non-hydrogen) atoms. The van der Waals surface area contributed by atoms with E-state index in [2.05, 4.69) is 327 Å². The molecule has 13 aromatic carbocycles. The topological polar surface area (TPSA) is 41.6 Å². The molecular formula is C86H62N4O2. The number of fused-ring (bicyclic) bond motifs is 18. The molecule has 0 saturated carbocycles. The van der Waals surface area contributed by atoms with Gasteiger partial charge in [-0.2, -0.15) is 0 Å². The number of furan rings is 2. The van der Waals surface area contributed by atoms with Crippen molar-refractivity contribution in [1.82, 2.24) is 8.80 Å². The molecule has 0 aliphatic carbocycles. The molecule has 0 bridgehead atoms. The van der Waals surface area contributed by atoms with Gasteiger partial charge in [0.05, 0.1) is 55.8 Å². The number of nitrogens with zero attached hydrogens (tertiary/aromatic N) is 4. The van der Waals surface area contributed by atoms with Gasteiger partial charge in [-0.25, -0.2) is 0 Å². The molecule has 0 unspecified atom stereocenters. The van der Waals surface area contributed by atoms with Crippen LogP contribution in [0.15, 0.2) is 276 Å². The molecule has 0 radical (unpaired) electrons. The maximum Gasteiger partial charge on any atom is 0.135 e. The zero-order valence-electron chi connectivity index (χ0n) is 52.0. The van der Waals surface area contributed by atoms with Crippen molar-refractivity contribution >= 4 is 154 Å². The Morgan fingerprint density at radius 3 is 1.09 bits per heavy atom. The van der Waals surface area contributed by atoms with Gasteiger partial charge < -0.3 is 27.4 Å². The van der Waals surface area contributed by atoms with Gasteiger partial charge in [-0.15, -0.1) is 0 Å². The van der Waals surface area contributed by atoms with Crippen LogP contribution in [0, 0.1) is 0 Å². The molecular weight excluding hydrogens is 1120 g/mol. The van der Waals surface area contributed by atoms with E-state index < -0.39 is 0 Å². The quantitative estimate of drug-likeness (QED) is 0.152. The molecule has 19 rings (SSSR count). The highest BCUT2D eigenvalue weighted by atomic mass is 16.3. The van der Waals surface area contributed by atoms with Gasteiger partial charge in [0.15, 0.2) is 0 Å². The summed E-state index contributed by atoms with van der Waals surface area (Å²) >= 11 is 0. The summed E-state index contributed by atoms with van der Waals surface area (Å²) in [6, 6.07) is 98.4. The maximum absolute atomic E-state index is 6.51. The summed E-state index contributed by atoms with van der Waals surface area (Å²) in [6.45, 7) is 14.2. The molecule has 0 saturated heterocycles. The molecule has 6 aromatic heterocycles. The first kappa shape index (κ1) is 52.6. The summed E-state index contributed by atoms with van der Waals surface area (Å²) in [5.74, 6) is 0. The lowest BCUT2D eigenvalue weighted by Crippen LogP contribution is -2.12. The number of hydrogen-bond acceptors (Lipinski definition) is 4. The average Bonchev–Trinajstić information content (AvgIpc) is 1.51. The van der Waals surface area contributed by atoms with E-state index in [1.54, 1.807) is 0 Å². The van der Waals surface area contributed by atoms with Gasteiger partial charge in [-0.3, -0.25) is 0 Å². The molecule has 0 aliphatic rings. The van der Waals surface area contributed by atoms with Crippen molar-refractivity contribution in [3.05, 3.63) is 278 Å². The first-order valence-electron chi connectivity index (χ1n) is 32.1. The lowest BCUT2D eigenvalue weighted by Gasteiger charge is -2.29. The van der Waals surface area contributed by atoms with Crippen molar-refractivity contribution in [2.24, 2.45) is 0 Å². The van der Waals surface area contributed by atoms with E-state index in [-0.39, 0.29) is 10.8 Å². The van der Waals surface area contributed by atoms with Crippen LogP contribution in [0.5, 0.6) is 0 Å². The first-order valence-corrected chi connectivity index (χ1v) is 32.1. The van der Waals surface area contributed by atoms with E-state index in [0.29, 0.717) is 0 Å². The molecule has 6 heterocycles. The lowest BCUT2D eigenvalue weighted by atomic mass is 9.85. The fourth-order valence-electron chi connectivity index (χ4n) is 15.8. The van der Waals surface area contributed by atoms with Gasteiger partial charge in [0.25, 0.3) is 0 Å². The minimum atomic E-state index is -0.191. The second kappa shape index (κ2) is 19.1. The summed E-state index contributed by atoms with van der Waals surface area (Å²) in [5.41, 5.74) is 24.1. The minimum Gasteiger partial charge on any atom is -0.456 e. The molecule has 0 N–H and O–H groups in total. The summed E-state index contributed by atoms with van der Waals surface area (Å²) in [5, 5.41) is 14.1. The Morgan fingerprint density at radius 2 is 0.652 bits per heavy atom. The Hall–Kier alpha value is -11.3. The van der Waals surface area contributed by atoms with Gasteiger partial charge in [-0.05, 0) is 118 Å². The fraction of sp³-hybridized carbons (Fsp3) is 0.0930. The third-order valence-electron chi connectivity index (χ3n) is 19.8. The Balaban J connectivity index is 0.927. The number of hydrogen-bond donors (Lipinski definition) is 0. The normalized spacial score (nSPS) is 12.7. The van der Waals surface area contributed by atoms with E-state index in [4.69, 9.17) is 8.83 Å². The molecule has 0 fully saturated rings. The van der Waals surface area contributed by atoms with Crippen LogP contribution in [-0.2, 0) is 10.8 Å². The predicted molar refractivity (Wildman–Crippen MR) is 388 cm³/mol. The Morgan fingerprint density at radius 1 is 0.272 bits per heavy atom. The monoisotopic (exact) mass is 1180 g/mol. The largest absolute Gasteiger partial charge is 0.456 e. The van der Waals surface area contributed by atoms with Crippen molar-refractivity contribution < 1.29 is 8.83 Å². The lowest BCUT2D eigenvalue weighted by molar-refractivity contribution is 0.594. The van der Waals surface area contributed by atoms with E-state index in [1.165, 1.54) is 87.3 Å². The van der Waals surface area contributed by atoms with Crippen LogP contribution in [0.1, 0.15) is 52.7 Å². The Labute approximate surface area is 531 Å². The molecule has 438 valence electrons. The molecule has 0 spiro atoms. The van der Waals surface area contributed by atoms with E-state index in [1.807, 2.05) is 0 Å². The van der Waals surface area contributed by atoms with Crippen LogP contribution in [0.2, 0.25) is 0 Å². The SMILES string of the molecule is CC(C)(C)c1cccc2c3c(N(c4ccc5oc6ccccc6c5c4)c4ccccc4-c4ccccc4)ccc4c5cc6c(cc5n(c12)c43)c1ccc(N(c2ccc3oc4ccccc4c3c2)c2ccccc2-c2ccccc2)c2c3cccc(C(C)(C)C)c3n6c12. The fourth-order valence-corrected chi connectivity index (χ4v) is 15.8. The third kappa shape index (κ3) is 7.43. The summed E-state index contributed by atoms with van der Waals surface area (Å²) in [6.07, 6.45) is 0. The van der Waals surface area contributed by atoms with Gasteiger partial charge in [-0.1, -0.05) is 224 Å². The van der Waals surface area contributed by atoms with Crippen LogP contribution in [0.3, 0.4) is 0 Å². The molecule has 0 amide bonds. The second-order valence-electron chi connectivity index (χ2n) is 27.2. The van der Waals surface area contributed by atoms with Gasteiger partial charge in [0.1, 0.15) is 22.3 Å². The number of aromatic nitrogens is 2. The van der Waals surface area contributed by atoms with Gasteiger partial charge >= 0.3 is 0 Å². The zero-order valence-corrected chi connectivity index (χ0v) is 52.0. The van der Waals surface area contributed by atoms with E-state index >= 15 is 0 Å². The molecule has 0 atom stereocenters.